The Labute approximate surface area is 130 Å². The van der Waals surface area contributed by atoms with E-state index in [1.807, 2.05) is 12.1 Å². The number of esters is 1. The van der Waals surface area contributed by atoms with Gasteiger partial charge in [-0.3, -0.25) is 14.5 Å². The largest absolute Gasteiger partial charge is 0.481 e. The van der Waals surface area contributed by atoms with Crippen LogP contribution < -0.4 is 0 Å². The lowest BCUT2D eigenvalue weighted by atomic mass is 9.96. The van der Waals surface area contributed by atoms with Gasteiger partial charge >= 0.3 is 11.9 Å². The predicted molar refractivity (Wildman–Crippen MR) is 82.4 cm³/mol. The number of hydrogen-bond acceptors (Lipinski definition) is 4. The third kappa shape index (κ3) is 4.84. The smallest absolute Gasteiger partial charge is 0.308 e. The average molecular weight is 305 g/mol. The van der Waals surface area contributed by atoms with Gasteiger partial charge in [0, 0.05) is 13.0 Å². The number of methoxy groups -OCH3 is 1. The fourth-order valence-electron chi connectivity index (χ4n) is 2.89. The molecule has 0 amide bonds. The molecule has 0 radical (unpaired) electrons. The van der Waals surface area contributed by atoms with Crippen LogP contribution in [-0.2, 0) is 27.3 Å². The fraction of sp³-hybridized carbons (Fsp3) is 0.529. The highest BCUT2D eigenvalue weighted by atomic mass is 16.5. The summed E-state index contributed by atoms with van der Waals surface area (Å²) in [6.07, 6.45) is 2.40. The van der Waals surface area contributed by atoms with Crippen LogP contribution in [0.1, 0.15) is 30.4 Å². The van der Waals surface area contributed by atoms with E-state index in [9.17, 15) is 9.59 Å². The van der Waals surface area contributed by atoms with E-state index < -0.39 is 5.97 Å². The molecule has 1 aliphatic heterocycles. The first kappa shape index (κ1) is 16.5. The number of hydrogen-bond donors (Lipinski definition) is 1. The van der Waals surface area contributed by atoms with Crippen molar-refractivity contribution in [3.8, 4) is 0 Å². The molecule has 0 saturated carbocycles. The highest BCUT2D eigenvalue weighted by Gasteiger charge is 2.25. The number of benzene rings is 1. The molecule has 1 aromatic carbocycles. The second-order valence-corrected chi connectivity index (χ2v) is 5.79. The zero-order valence-electron chi connectivity index (χ0n) is 13.0. The predicted octanol–water partition coefficient (Wildman–Crippen LogP) is 2.09. The Bertz CT molecular complexity index is 521. The van der Waals surface area contributed by atoms with Gasteiger partial charge in [0.2, 0.25) is 0 Å². The Balaban J connectivity index is 1.85. The van der Waals surface area contributed by atoms with E-state index in [0.717, 1.165) is 38.0 Å². The van der Waals surface area contributed by atoms with Crippen LogP contribution in [0.3, 0.4) is 0 Å². The maximum absolute atomic E-state index is 11.5. The standard InChI is InChI=1S/C17H23NO4/c1-22-17(21)15-7-9-18(10-8-15)12-14-4-2-3-13(11-14)5-6-16(19)20/h2-4,11,15H,5-10,12H2,1H3,(H,19,20). The number of carboxylic acid groups (broad SMARTS) is 1. The minimum absolute atomic E-state index is 0.0307. The Kier molecular flexibility index (Phi) is 5.95. The number of nitrogens with zero attached hydrogens (tertiary/aromatic N) is 1. The van der Waals surface area contributed by atoms with Crippen LogP contribution in [0.25, 0.3) is 0 Å². The molecule has 0 atom stereocenters. The molecule has 0 unspecified atom stereocenters. The zero-order valence-corrected chi connectivity index (χ0v) is 13.0. The molecule has 5 heteroatoms. The number of carbonyl (C=O) groups is 2. The molecule has 120 valence electrons. The van der Waals surface area contributed by atoms with Gasteiger partial charge in [0.15, 0.2) is 0 Å². The number of rotatable bonds is 6. The van der Waals surface area contributed by atoms with Crippen molar-refractivity contribution < 1.29 is 19.4 Å². The first-order valence-corrected chi connectivity index (χ1v) is 7.68. The van der Waals surface area contributed by atoms with Gasteiger partial charge in [-0.05, 0) is 43.5 Å². The van der Waals surface area contributed by atoms with Crippen LogP contribution in [0.5, 0.6) is 0 Å². The molecule has 0 spiro atoms. The topological polar surface area (TPSA) is 66.8 Å². The van der Waals surface area contributed by atoms with Crippen LogP contribution >= 0.6 is 0 Å². The van der Waals surface area contributed by atoms with E-state index in [2.05, 4.69) is 17.0 Å². The Hall–Kier alpha value is -1.88. The number of carbonyl (C=O) groups excluding carboxylic acids is 1. The molecule has 0 bridgehead atoms. The first-order chi connectivity index (χ1) is 10.6. The number of carboxylic acids is 1. The van der Waals surface area contributed by atoms with Crippen molar-refractivity contribution in [2.24, 2.45) is 5.92 Å². The molecule has 1 heterocycles. The monoisotopic (exact) mass is 305 g/mol. The quantitative estimate of drug-likeness (QED) is 0.815. The fourth-order valence-corrected chi connectivity index (χ4v) is 2.89. The van der Waals surface area contributed by atoms with Crippen molar-refractivity contribution in [3.63, 3.8) is 0 Å². The highest BCUT2D eigenvalue weighted by molar-refractivity contribution is 5.72. The normalized spacial score (nSPS) is 16.4. The molecule has 1 saturated heterocycles. The minimum Gasteiger partial charge on any atom is -0.481 e. The van der Waals surface area contributed by atoms with Gasteiger partial charge in [-0.25, -0.2) is 0 Å². The Morgan fingerprint density at radius 1 is 1.27 bits per heavy atom. The number of ether oxygens (including phenoxy) is 1. The van der Waals surface area contributed by atoms with Crippen molar-refractivity contribution in [2.45, 2.75) is 32.2 Å². The summed E-state index contributed by atoms with van der Waals surface area (Å²) in [7, 11) is 1.44. The number of aliphatic carboxylic acids is 1. The summed E-state index contributed by atoms with van der Waals surface area (Å²) in [5.74, 6) is -0.839. The van der Waals surface area contributed by atoms with Gasteiger partial charge in [-0.15, -0.1) is 0 Å². The highest BCUT2D eigenvalue weighted by Crippen LogP contribution is 2.20. The lowest BCUT2D eigenvalue weighted by Gasteiger charge is -2.30. The van der Waals surface area contributed by atoms with Gasteiger partial charge in [0.05, 0.1) is 13.0 Å². The number of likely N-dealkylation sites (tertiary alicyclic amines) is 1. The van der Waals surface area contributed by atoms with Crippen LogP contribution in [0.15, 0.2) is 24.3 Å². The van der Waals surface area contributed by atoms with Crippen LogP contribution in [0, 0.1) is 5.92 Å². The number of piperidine rings is 1. The second kappa shape index (κ2) is 7.94. The third-order valence-corrected chi connectivity index (χ3v) is 4.15. The summed E-state index contributed by atoms with van der Waals surface area (Å²) in [5.41, 5.74) is 2.25. The molecular weight excluding hydrogens is 282 g/mol. The second-order valence-electron chi connectivity index (χ2n) is 5.79. The summed E-state index contributed by atoms with van der Waals surface area (Å²) >= 11 is 0. The zero-order chi connectivity index (χ0) is 15.9. The van der Waals surface area contributed by atoms with Gasteiger partial charge < -0.3 is 9.84 Å². The van der Waals surface area contributed by atoms with Gasteiger partial charge in [-0.2, -0.15) is 0 Å². The molecule has 0 aromatic heterocycles. The molecule has 22 heavy (non-hydrogen) atoms. The summed E-state index contributed by atoms with van der Waals surface area (Å²) in [5, 5.41) is 8.75. The third-order valence-electron chi connectivity index (χ3n) is 4.15. The average Bonchev–Trinajstić information content (AvgIpc) is 2.53. The van der Waals surface area contributed by atoms with Crippen LogP contribution in [0.2, 0.25) is 0 Å². The summed E-state index contributed by atoms with van der Waals surface area (Å²) < 4.78 is 4.80. The van der Waals surface area contributed by atoms with E-state index in [1.165, 1.54) is 12.7 Å². The van der Waals surface area contributed by atoms with Gasteiger partial charge in [-0.1, -0.05) is 24.3 Å². The maximum atomic E-state index is 11.5. The van der Waals surface area contributed by atoms with E-state index in [-0.39, 0.29) is 18.3 Å². The first-order valence-electron chi connectivity index (χ1n) is 7.68. The molecule has 2 rings (SSSR count). The number of aryl methyl sites for hydroxylation is 1. The Morgan fingerprint density at radius 3 is 2.59 bits per heavy atom. The summed E-state index contributed by atoms with van der Waals surface area (Å²) in [4.78, 5) is 24.5. The molecule has 1 aliphatic rings. The molecular formula is C17H23NO4. The molecule has 5 nitrogen and oxygen atoms in total. The van der Waals surface area contributed by atoms with Crippen LogP contribution in [-0.4, -0.2) is 42.1 Å². The molecule has 1 fully saturated rings. The van der Waals surface area contributed by atoms with E-state index in [0.29, 0.717) is 6.42 Å². The lowest BCUT2D eigenvalue weighted by molar-refractivity contribution is -0.147. The summed E-state index contributed by atoms with van der Waals surface area (Å²) in [6.45, 7) is 2.62. The van der Waals surface area contributed by atoms with Gasteiger partial charge in [0.25, 0.3) is 0 Å². The van der Waals surface area contributed by atoms with E-state index in [1.54, 1.807) is 0 Å². The minimum atomic E-state index is -0.768. The lowest BCUT2D eigenvalue weighted by Crippen LogP contribution is -2.36. The molecule has 1 N–H and O–H groups in total. The molecule has 0 aliphatic carbocycles. The molecule has 1 aromatic rings. The van der Waals surface area contributed by atoms with E-state index >= 15 is 0 Å². The van der Waals surface area contributed by atoms with Crippen molar-refractivity contribution >= 4 is 11.9 Å². The maximum Gasteiger partial charge on any atom is 0.308 e. The van der Waals surface area contributed by atoms with Crippen LogP contribution in [0.4, 0.5) is 0 Å². The van der Waals surface area contributed by atoms with Crippen molar-refractivity contribution in [1.29, 1.82) is 0 Å². The summed E-state index contributed by atoms with van der Waals surface area (Å²) in [6, 6.07) is 8.09. The van der Waals surface area contributed by atoms with Gasteiger partial charge in [0.1, 0.15) is 0 Å². The van der Waals surface area contributed by atoms with Crippen molar-refractivity contribution in [2.75, 3.05) is 20.2 Å². The van der Waals surface area contributed by atoms with Crippen molar-refractivity contribution in [1.82, 2.24) is 4.90 Å². The Morgan fingerprint density at radius 2 is 1.95 bits per heavy atom. The van der Waals surface area contributed by atoms with Crippen molar-refractivity contribution in [3.05, 3.63) is 35.4 Å². The van der Waals surface area contributed by atoms with E-state index in [4.69, 9.17) is 9.84 Å². The SMILES string of the molecule is COC(=O)C1CCN(Cc2cccc(CCC(=O)O)c2)CC1.